The van der Waals surface area contributed by atoms with E-state index in [0.717, 1.165) is 24.0 Å². The number of unbranched alkanes of at least 4 members (excludes halogenated alkanes) is 1. The molecule has 0 unspecified atom stereocenters. The summed E-state index contributed by atoms with van der Waals surface area (Å²) >= 11 is 1.61. The molecule has 0 fully saturated rings. The molecule has 0 atom stereocenters. The van der Waals surface area contributed by atoms with Crippen molar-refractivity contribution >= 4 is 23.2 Å². The lowest BCUT2D eigenvalue weighted by Crippen LogP contribution is -2.40. The van der Waals surface area contributed by atoms with E-state index in [1.807, 2.05) is 24.3 Å². The van der Waals surface area contributed by atoms with E-state index >= 15 is 0 Å². The number of rotatable bonds is 7. The Morgan fingerprint density at radius 1 is 1.15 bits per heavy atom. The van der Waals surface area contributed by atoms with E-state index in [4.69, 9.17) is 0 Å². The molecule has 0 N–H and O–H groups in total. The molecule has 0 saturated carbocycles. The van der Waals surface area contributed by atoms with E-state index < -0.39 is 0 Å². The predicted molar refractivity (Wildman–Crippen MR) is 86.5 cm³/mol. The molecule has 1 heterocycles. The Hall–Kier alpha value is -1.07. The highest BCUT2D eigenvalue weighted by Crippen LogP contribution is 2.27. The smallest absolute Gasteiger partial charge is 0.114 e. The molecule has 2 aromatic rings. The third kappa shape index (κ3) is 3.52. The second-order valence-corrected chi connectivity index (χ2v) is 6.58. The zero-order valence-corrected chi connectivity index (χ0v) is 13.7. The first-order valence-electron chi connectivity index (χ1n) is 7.35. The van der Waals surface area contributed by atoms with Crippen molar-refractivity contribution in [1.29, 1.82) is 0 Å². The molecular formula is C15H24N4S. The summed E-state index contributed by atoms with van der Waals surface area (Å²) in [7, 11) is 0. The maximum absolute atomic E-state index is 4.54. The van der Waals surface area contributed by atoms with Gasteiger partial charge in [-0.1, -0.05) is 32.4 Å². The molecule has 0 aliphatic rings. The lowest BCUT2D eigenvalue weighted by Gasteiger charge is -2.35. The summed E-state index contributed by atoms with van der Waals surface area (Å²) in [5, 5.41) is 9.07. The number of hydrogen-bond acceptors (Lipinski definition) is 4. The van der Waals surface area contributed by atoms with Crippen LogP contribution in [0.1, 0.15) is 47.0 Å². The second kappa shape index (κ2) is 6.59. The minimum atomic E-state index is 0.139. The van der Waals surface area contributed by atoms with Gasteiger partial charge in [0, 0.05) is 12.1 Å². The fourth-order valence-corrected chi connectivity index (χ4v) is 2.88. The van der Waals surface area contributed by atoms with E-state index in [0.29, 0.717) is 0 Å². The zero-order valence-electron chi connectivity index (χ0n) is 12.8. The summed E-state index contributed by atoms with van der Waals surface area (Å²) in [6, 6.07) is 8.00. The quantitative estimate of drug-likeness (QED) is 0.718. The van der Waals surface area contributed by atoms with Crippen LogP contribution in [0.5, 0.6) is 0 Å². The Labute approximate surface area is 125 Å². The molecule has 0 saturated heterocycles. The highest BCUT2D eigenvalue weighted by Gasteiger charge is 2.26. The molecule has 0 aliphatic carbocycles. The number of benzene rings is 1. The van der Waals surface area contributed by atoms with Crippen molar-refractivity contribution in [3.8, 4) is 0 Å². The number of fused-ring (bicyclic) bond motifs is 1. The van der Waals surface area contributed by atoms with Gasteiger partial charge in [0.2, 0.25) is 0 Å². The van der Waals surface area contributed by atoms with E-state index in [-0.39, 0.29) is 5.54 Å². The molecule has 4 nitrogen and oxygen atoms in total. The second-order valence-electron chi connectivity index (χ2n) is 5.64. The maximum Gasteiger partial charge on any atom is 0.114 e. The van der Waals surface area contributed by atoms with Crippen LogP contribution in [-0.4, -0.2) is 30.8 Å². The zero-order chi connectivity index (χ0) is 14.6. The van der Waals surface area contributed by atoms with Crippen molar-refractivity contribution in [2.45, 2.75) is 52.5 Å². The van der Waals surface area contributed by atoms with Crippen molar-refractivity contribution in [2.24, 2.45) is 0 Å². The third-order valence-electron chi connectivity index (χ3n) is 3.70. The summed E-state index contributed by atoms with van der Waals surface area (Å²) in [5.41, 5.74) is 2.04. The van der Waals surface area contributed by atoms with Gasteiger partial charge in [0.05, 0.1) is 12.1 Å². The van der Waals surface area contributed by atoms with Crippen LogP contribution in [0, 0.1) is 0 Å². The Kier molecular flexibility index (Phi) is 5.05. The SMILES string of the molecule is CCCCN(Sn1nc2ccccc2n1)C(C)(C)CC. The van der Waals surface area contributed by atoms with Crippen molar-refractivity contribution in [2.75, 3.05) is 6.54 Å². The summed E-state index contributed by atoms with van der Waals surface area (Å²) in [6.45, 7) is 10.1. The first-order chi connectivity index (χ1) is 9.56. The van der Waals surface area contributed by atoms with Gasteiger partial charge in [0.25, 0.3) is 0 Å². The third-order valence-corrected chi connectivity index (χ3v) is 4.88. The van der Waals surface area contributed by atoms with Gasteiger partial charge in [0.15, 0.2) is 0 Å². The van der Waals surface area contributed by atoms with Gasteiger partial charge in [-0.15, -0.1) is 14.4 Å². The van der Waals surface area contributed by atoms with Crippen LogP contribution in [0.4, 0.5) is 0 Å². The summed E-state index contributed by atoms with van der Waals surface area (Å²) < 4.78 is 4.15. The number of nitrogens with zero attached hydrogens (tertiary/aromatic N) is 4. The van der Waals surface area contributed by atoms with Crippen LogP contribution in [-0.2, 0) is 0 Å². The first kappa shape index (κ1) is 15.3. The molecule has 0 bridgehead atoms. The molecule has 1 aromatic carbocycles. The molecule has 0 amide bonds. The molecule has 5 heteroatoms. The van der Waals surface area contributed by atoms with Gasteiger partial charge in [-0.3, -0.25) is 0 Å². The predicted octanol–water partition coefficient (Wildman–Crippen LogP) is 4.13. The lowest BCUT2D eigenvalue weighted by molar-refractivity contribution is 0.236. The van der Waals surface area contributed by atoms with E-state index in [1.165, 1.54) is 12.8 Å². The summed E-state index contributed by atoms with van der Waals surface area (Å²) in [5.74, 6) is 0. The molecule has 0 aliphatic heterocycles. The fourth-order valence-electron chi connectivity index (χ4n) is 1.90. The molecule has 2 rings (SSSR count). The summed E-state index contributed by atoms with van der Waals surface area (Å²) in [4.78, 5) is 0. The molecule has 1 aromatic heterocycles. The van der Waals surface area contributed by atoms with Crippen LogP contribution in [0.2, 0.25) is 0 Å². The molecular weight excluding hydrogens is 268 g/mol. The monoisotopic (exact) mass is 292 g/mol. The van der Waals surface area contributed by atoms with Crippen molar-refractivity contribution in [3.63, 3.8) is 0 Å². The summed E-state index contributed by atoms with van der Waals surface area (Å²) in [6.07, 6.45) is 3.49. The Morgan fingerprint density at radius 2 is 1.75 bits per heavy atom. The van der Waals surface area contributed by atoms with E-state index in [1.54, 1.807) is 16.3 Å². The molecule has 0 spiro atoms. The van der Waals surface area contributed by atoms with Crippen molar-refractivity contribution in [1.82, 2.24) is 18.7 Å². The van der Waals surface area contributed by atoms with Gasteiger partial charge >= 0.3 is 0 Å². The first-order valence-corrected chi connectivity index (χ1v) is 8.08. The van der Waals surface area contributed by atoms with Crippen LogP contribution in [0.15, 0.2) is 24.3 Å². The van der Waals surface area contributed by atoms with Gasteiger partial charge < -0.3 is 0 Å². The molecule has 110 valence electrons. The maximum atomic E-state index is 4.54. The van der Waals surface area contributed by atoms with Crippen molar-refractivity contribution in [3.05, 3.63) is 24.3 Å². The van der Waals surface area contributed by atoms with Gasteiger partial charge in [-0.25, -0.2) is 4.31 Å². The topological polar surface area (TPSA) is 34.0 Å². The van der Waals surface area contributed by atoms with Gasteiger partial charge in [0.1, 0.15) is 11.0 Å². The van der Waals surface area contributed by atoms with Crippen LogP contribution < -0.4 is 0 Å². The standard InChI is InChI=1S/C15H24N4S/c1-5-7-12-18(15(3,4)6-2)20-19-16-13-10-8-9-11-14(13)17-19/h8-11H,5-7,12H2,1-4H3. The largest absolute Gasteiger partial charge is 0.224 e. The van der Waals surface area contributed by atoms with Gasteiger partial charge in [-0.05, 0) is 38.8 Å². The Morgan fingerprint density at radius 3 is 2.25 bits per heavy atom. The Balaban J connectivity index is 2.17. The van der Waals surface area contributed by atoms with Crippen LogP contribution in [0.25, 0.3) is 11.0 Å². The van der Waals surface area contributed by atoms with Crippen molar-refractivity contribution < 1.29 is 0 Å². The fraction of sp³-hybridized carbons (Fsp3) is 0.600. The minimum Gasteiger partial charge on any atom is -0.224 e. The lowest BCUT2D eigenvalue weighted by atomic mass is 10.0. The van der Waals surface area contributed by atoms with Gasteiger partial charge in [-0.2, -0.15) is 0 Å². The Bertz CT molecular complexity index is 517. The van der Waals surface area contributed by atoms with Crippen LogP contribution in [0.3, 0.4) is 0 Å². The number of aromatic nitrogens is 3. The average molecular weight is 292 g/mol. The average Bonchev–Trinajstić information content (AvgIpc) is 2.85. The highest BCUT2D eigenvalue weighted by molar-refractivity contribution is 7.95. The molecule has 20 heavy (non-hydrogen) atoms. The number of hydrogen-bond donors (Lipinski definition) is 0. The van der Waals surface area contributed by atoms with E-state index in [9.17, 15) is 0 Å². The van der Waals surface area contributed by atoms with E-state index in [2.05, 4.69) is 42.2 Å². The highest BCUT2D eigenvalue weighted by atomic mass is 32.2. The van der Waals surface area contributed by atoms with Crippen LogP contribution >= 0.6 is 12.1 Å². The minimum absolute atomic E-state index is 0.139. The normalized spacial score (nSPS) is 12.4. The molecule has 0 radical (unpaired) electrons.